The molecule has 4 aromatic rings. The van der Waals surface area contributed by atoms with Crippen LogP contribution >= 0.6 is 0 Å². The summed E-state index contributed by atoms with van der Waals surface area (Å²) in [6.45, 7) is 2.53. The molecular weight excluding hydrogens is 456 g/mol. The predicted octanol–water partition coefficient (Wildman–Crippen LogP) is 6.28. The van der Waals surface area contributed by atoms with E-state index in [1.54, 1.807) is 0 Å². The average molecular weight is 493 g/mol. The maximum Gasteiger partial charge on any atom is 0.119 e. The lowest BCUT2D eigenvalue weighted by Crippen LogP contribution is -2.15. The largest absolute Gasteiger partial charge is 0.493 e. The molecule has 5 rings (SSSR count). The van der Waals surface area contributed by atoms with E-state index >= 15 is 0 Å². The zero-order chi connectivity index (χ0) is 25.5. The molecule has 4 aromatic carbocycles. The molecule has 0 fully saturated rings. The third-order valence-corrected chi connectivity index (χ3v) is 7.30. The molecule has 1 aliphatic rings. The van der Waals surface area contributed by atoms with Gasteiger partial charge >= 0.3 is 0 Å². The van der Waals surface area contributed by atoms with E-state index in [0.29, 0.717) is 26.3 Å². The minimum atomic E-state index is 0.287. The van der Waals surface area contributed by atoms with E-state index in [9.17, 15) is 0 Å². The van der Waals surface area contributed by atoms with Crippen molar-refractivity contribution in [3.8, 4) is 22.6 Å². The number of ether oxygens (including phenoxy) is 2. The standard InChI is InChI=1S/C33H36N2O2/c34-17-15-26(24-7-3-1-4-8-24)22-36-30-11-13-32-28(20-30)19-29-21-31(12-14-33(29)32)37-23-27(16-18-35)25-9-5-2-6-10-25/h1-14,20-21,26-27H,15-19,22-23,34-35H2. The summed E-state index contributed by atoms with van der Waals surface area (Å²) in [5, 5.41) is 0. The smallest absolute Gasteiger partial charge is 0.119 e. The minimum Gasteiger partial charge on any atom is -0.493 e. The number of nitrogens with two attached hydrogens (primary N) is 2. The number of fused-ring (bicyclic) bond motifs is 3. The SMILES string of the molecule is NCCC(COc1ccc2c(c1)Cc1cc(OCC(CCN)c3ccccc3)ccc1-2)c1ccccc1. The van der Waals surface area contributed by atoms with E-state index in [1.807, 2.05) is 12.1 Å². The topological polar surface area (TPSA) is 70.5 Å². The highest BCUT2D eigenvalue weighted by atomic mass is 16.5. The van der Waals surface area contributed by atoms with Crippen molar-refractivity contribution in [1.82, 2.24) is 0 Å². The molecule has 0 aromatic heterocycles. The predicted molar refractivity (Wildman–Crippen MR) is 151 cm³/mol. The lowest BCUT2D eigenvalue weighted by atomic mass is 9.96. The molecule has 0 aliphatic heterocycles. The van der Waals surface area contributed by atoms with Crippen LogP contribution < -0.4 is 20.9 Å². The Morgan fingerprint density at radius 1 is 0.568 bits per heavy atom. The zero-order valence-corrected chi connectivity index (χ0v) is 21.3. The van der Waals surface area contributed by atoms with Gasteiger partial charge in [0, 0.05) is 11.8 Å². The highest BCUT2D eigenvalue weighted by molar-refractivity contribution is 5.78. The molecule has 1 aliphatic carbocycles. The van der Waals surface area contributed by atoms with Crippen LogP contribution in [0.2, 0.25) is 0 Å². The van der Waals surface area contributed by atoms with Gasteiger partial charge in [0.05, 0.1) is 13.2 Å². The molecule has 2 unspecified atom stereocenters. The van der Waals surface area contributed by atoms with Crippen molar-refractivity contribution in [2.45, 2.75) is 31.1 Å². The summed E-state index contributed by atoms with van der Waals surface area (Å²) in [6, 6.07) is 33.9. The van der Waals surface area contributed by atoms with Crippen LogP contribution in [-0.2, 0) is 6.42 Å². The van der Waals surface area contributed by atoms with Crippen LogP contribution in [0.15, 0.2) is 97.1 Å². The first-order chi connectivity index (χ1) is 18.2. The molecule has 0 bridgehead atoms. The fourth-order valence-corrected chi connectivity index (χ4v) is 5.28. The summed E-state index contributed by atoms with van der Waals surface area (Å²) in [5.74, 6) is 2.40. The van der Waals surface area contributed by atoms with Gasteiger partial charge in [-0.25, -0.2) is 0 Å². The van der Waals surface area contributed by atoms with Gasteiger partial charge in [-0.2, -0.15) is 0 Å². The summed E-state index contributed by atoms with van der Waals surface area (Å²) in [7, 11) is 0. The summed E-state index contributed by atoms with van der Waals surface area (Å²) < 4.78 is 12.5. The second-order valence-corrected chi connectivity index (χ2v) is 9.81. The van der Waals surface area contributed by atoms with Gasteiger partial charge in [-0.05, 0) is 90.0 Å². The van der Waals surface area contributed by atoms with Gasteiger partial charge in [-0.15, -0.1) is 0 Å². The van der Waals surface area contributed by atoms with Crippen molar-refractivity contribution in [1.29, 1.82) is 0 Å². The van der Waals surface area contributed by atoms with Crippen molar-refractivity contribution >= 4 is 0 Å². The first kappa shape index (κ1) is 25.1. The van der Waals surface area contributed by atoms with Crippen LogP contribution in [0.5, 0.6) is 11.5 Å². The van der Waals surface area contributed by atoms with Gasteiger partial charge in [0.2, 0.25) is 0 Å². The summed E-state index contributed by atoms with van der Waals surface area (Å²) in [6.07, 6.45) is 2.69. The Kier molecular flexibility index (Phi) is 8.19. The quantitative estimate of drug-likeness (QED) is 0.215. The highest BCUT2D eigenvalue weighted by Crippen LogP contribution is 2.40. The zero-order valence-electron chi connectivity index (χ0n) is 21.3. The van der Waals surface area contributed by atoms with Crippen LogP contribution in [0.3, 0.4) is 0 Å². The molecule has 2 atom stereocenters. The van der Waals surface area contributed by atoms with E-state index in [-0.39, 0.29) is 11.8 Å². The number of hydrogen-bond acceptors (Lipinski definition) is 4. The van der Waals surface area contributed by atoms with Crippen molar-refractivity contribution in [2.75, 3.05) is 26.3 Å². The molecule has 0 saturated carbocycles. The van der Waals surface area contributed by atoms with Gasteiger partial charge in [0.25, 0.3) is 0 Å². The highest BCUT2D eigenvalue weighted by Gasteiger charge is 2.21. The van der Waals surface area contributed by atoms with Crippen molar-refractivity contribution in [2.24, 2.45) is 11.5 Å². The van der Waals surface area contributed by atoms with Crippen molar-refractivity contribution in [3.05, 3.63) is 119 Å². The Balaban J connectivity index is 1.24. The molecule has 4 heteroatoms. The second kappa shape index (κ2) is 12.1. The Morgan fingerprint density at radius 2 is 1.00 bits per heavy atom. The molecule has 4 N–H and O–H groups in total. The second-order valence-electron chi connectivity index (χ2n) is 9.81. The van der Waals surface area contributed by atoms with Crippen LogP contribution in [0.1, 0.15) is 46.9 Å². The normalized spacial score (nSPS) is 13.5. The molecule has 0 radical (unpaired) electrons. The molecule has 0 spiro atoms. The summed E-state index contributed by atoms with van der Waals surface area (Å²) in [4.78, 5) is 0. The Bertz CT molecular complexity index is 1190. The summed E-state index contributed by atoms with van der Waals surface area (Å²) >= 11 is 0. The fourth-order valence-electron chi connectivity index (χ4n) is 5.28. The lowest BCUT2D eigenvalue weighted by molar-refractivity contribution is 0.282. The van der Waals surface area contributed by atoms with E-state index in [4.69, 9.17) is 20.9 Å². The molecule has 0 amide bonds. The van der Waals surface area contributed by atoms with Gasteiger partial charge < -0.3 is 20.9 Å². The third-order valence-electron chi connectivity index (χ3n) is 7.30. The molecule has 37 heavy (non-hydrogen) atoms. The van der Waals surface area contributed by atoms with E-state index in [2.05, 4.69) is 84.9 Å². The van der Waals surface area contributed by atoms with Crippen LogP contribution in [0.25, 0.3) is 11.1 Å². The number of rotatable bonds is 12. The molecule has 0 saturated heterocycles. The van der Waals surface area contributed by atoms with E-state index in [0.717, 1.165) is 30.8 Å². The Hall–Kier alpha value is -3.60. The van der Waals surface area contributed by atoms with Gasteiger partial charge in [-0.1, -0.05) is 72.8 Å². The maximum atomic E-state index is 6.26. The van der Waals surface area contributed by atoms with Gasteiger partial charge in [0.15, 0.2) is 0 Å². The first-order valence-corrected chi connectivity index (χ1v) is 13.3. The number of hydrogen-bond donors (Lipinski definition) is 2. The van der Waals surface area contributed by atoms with Crippen molar-refractivity contribution < 1.29 is 9.47 Å². The van der Waals surface area contributed by atoms with Gasteiger partial charge in [0.1, 0.15) is 11.5 Å². The van der Waals surface area contributed by atoms with Crippen LogP contribution in [0, 0.1) is 0 Å². The number of benzene rings is 4. The van der Waals surface area contributed by atoms with E-state index < -0.39 is 0 Å². The van der Waals surface area contributed by atoms with E-state index in [1.165, 1.54) is 33.4 Å². The molecule has 190 valence electrons. The maximum absolute atomic E-state index is 6.26. The van der Waals surface area contributed by atoms with Crippen LogP contribution in [-0.4, -0.2) is 26.3 Å². The first-order valence-electron chi connectivity index (χ1n) is 13.3. The third kappa shape index (κ3) is 6.04. The average Bonchev–Trinajstić information content (AvgIpc) is 3.31. The molecular formula is C33H36N2O2. The fraction of sp³-hybridized carbons (Fsp3) is 0.273. The van der Waals surface area contributed by atoms with Crippen LogP contribution in [0.4, 0.5) is 0 Å². The Labute approximate surface area is 220 Å². The monoisotopic (exact) mass is 492 g/mol. The Morgan fingerprint density at radius 3 is 1.41 bits per heavy atom. The molecule has 4 nitrogen and oxygen atoms in total. The molecule has 0 heterocycles. The summed E-state index contributed by atoms with van der Waals surface area (Å²) in [5.41, 5.74) is 19.5. The lowest BCUT2D eigenvalue weighted by Gasteiger charge is -2.18. The van der Waals surface area contributed by atoms with Crippen molar-refractivity contribution in [3.63, 3.8) is 0 Å². The minimum absolute atomic E-state index is 0.287. The van der Waals surface area contributed by atoms with Gasteiger partial charge in [-0.3, -0.25) is 0 Å².